The Labute approximate surface area is 145 Å². The molecule has 0 fully saturated rings. The summed E-state index contributed by atoms with van der Waals surface area (Å²) in [6.45, 7) is 0. The Balaban J connectivity index is 1.64. The molecule has 0 saturated carbocycles. The molecule has 0 aliphatic carbocycles. The van der Waals surface area contributed by atoms with Gasteiger partial charge >= 0.3 is 0 Å². The number of carbonyl (C=O) groups excluding carboxylic acids is 1. The third kappa shape index (κ3) is 3.95. The molecule has 0 aliphatic rings. The Morgan fingerprint density at radius 3 is 2.64 bits per heavy atom. The van der Waals surface area contributed by atoms with E-state index in [9.17, 15) is 4.79 Å². The zero-order chi connectivity index (χ0) is 17.6. The van der Waals surface area contributed by atoms with Gasteiger partial charge in [-0.15, -0.1) is 0 Å². The van der Waals surface area contributed by atoms with Crippen LogP contribution in [0.5, 0.6) is 11.5 Å². The van der Waals surface area contributed by atoms with Gasteiger partial charge in [0.15, 0.2) is 11.5 Å². The molecule has 128 valence electrons. The van der Waals surface area contributed by atoms with Crippen LogP contribution in [0.3, 0.4) is 0 Å². The first-order valence-electron chi connectivity index (χ1n) is 7.64. The second-order valence-electron chi connectivity index (χ2n) is 5.29. The topological polar surface area (TPSA) is 78.3 Å². The molecule has 0 bridgehead atoms. The lowest BCUT2D eigenvalue weighted by molar-refractivity contribution is -0.115. The molecular formula is C18H18N4O3. The highest BCUT2D eigenvalue weighted by Gasteiger charge is 2.09. The molecule has 1 amide bonds. The third-order valence-corrected chi connectivity index (χ3v) is 3.61. The number of nitrogens with one attached hydrogen (secondary N) is 1. The summed E-state index contributed by atoms with van der Waals surface area (Å²) in [6.07, 6.45) is 6.99. The minimum Gasteiger partial charge on any atom is -0.493 e. The van der Waals surface area contributed by atoms with Crippen molar-refractivity contribution >= 4 is 11.6 Å². The molecule has 0 atom stereocenters. The van der Waals surface area contributed by atoms with Gasteiger partial charge in [0.25, 0.3) is 0 Å². The fourth-order valence-electron chi connectivity index (χ4n) is 2.39. The highest BCUT2D eigenvalue weighted by molar-refractivity contribution is 5.92. The highest BCUT2D eigenvalue weighted by Crippen LogP contribution is 2.27. The normalized spacial score (nSPS) is 10.3. The van der Waals surface area contributed by atoms with Gasteiger partial charge in [-0.3, -0.25) is 9.36 Å². The first-order chi connectivity index (χ1) is 12.2. The molecule has 25 heavy (non-hydrogen) atoms. The van der Waals surface area contributed by atoms with Crippen molar-refractivity contribution < 1.29 is 14.3 Å². The van der Waals surface area contributed by atoms with E-state index in [-0.39, 0.29) is 12.3 Å². The van der Waals surface area contributed by atoms with E-state index in [0.29, 0.717) is 17.2 Å². The largest absolute Gasteiger partial charge is 0.493 e. The van der Waals surface area contributed by atoms with E-state index in [2.05, 4.69) is 15.3 Å². The van der Waals surface area contributed by atoms with Crippen LogP contribution in [0, 0.1) is 0 Å². The summed E-state index contributed by atoms with van der Waals surface area (Å²) >= 11 is 0. The molecule has 0 spiro atoms. The number of aromatic nitrogens is 3. The summed E-state index contributed by atoms with van der Waals surface area (Å²) in [6, 6.07) is 9.02. The Hall–Kier alpha value is -3.35. The van der Waals surface area contributed by atoms with Gasteiger partial charge in [-0.25, -0.2) is 9.97 Å². The summed E-state index contributed by atoms with van der Waals surface area (Å²) in [5, 5.41) is 2.83. The van der Waals surface area contributed by atoms with Gasteiger partial charge in [0.05, 0.1) is 32.5 Å². The van der Waals surface area contributed by atoms with Crippen LogP contribution in [0.4, 0.5) is 5.69 Å². The van der Waals surface area contributed by atoms with Gasteiger partial charge in [0.2, 0.25) is 5.91 Å². The lowest BCUT2D eigenvalue weighted by Crippen LogP contribution is -2.14. The summed E-state index contributed by atoms with van der Waals surface area (Å²) in [7, 11) is 3.14. The number of hydrogen-bond acceptors (Lipinski definition) is 5. The number of methoxy groups -OCH3 is 2. The van der Waals surface area contributed by atoms with Crippen molar-refractivity contribution in [2.75, 3.05) is 19.5 Å². The summed E-state index contributed by atoms with van der Waals surface area (Å²) in [5.41, 5.74) is 1.47. The smallest absolute Gasteiger partial charge is 0.228 e. The third-order valence-electron chi connectivity index (χ3n) is 3.61. The van der Waals surface area contributed by atoms with Crippen LogP contribution in [0.25, 0.3) is 5.82 Å². The number of pyridine rings is 1. The number of rotatable bonds is 6. The fraction of sp³-hybridized carbons (Fsp3) is 0.167. The number of benzene rings is 1. The minimum absolute atomic E-state index is 0.135. The number of ether oxygens (including phenoxy) is 2. The molecule has 3 aromatic rings. The van der Waals surface area contributed by atoms with Crippen LogP contribution in [0.2, 0.25) is 0 Å². The van der Waals surface area contributed by atoms with Gasteiger partial charge in [-0.2, -0.15) is 0 Å². The van der Waals surface area contributed by atoms with E-state index in [1.165, 1.54) is 0 Å². The van der Waals surface area contributed by atoms with Crippen LogP contribution in [-0.2, 0) is 11.2 Å². The molecule has 3 rings (SSSR count). The maximum atomic E-state index is 12.2. The number of nitrogens with zero attached hydrogens (tertiary/aromatic N) is 3. The van der Waals surface area contributed by atoms with Crippen molar-refractivity contribution in [1.29, 1.82) is 0 Å². The zero-order valence-electron chi connectivity index (χ0n) is 14.0. The predicted molar refractivity (Wildman–Crippen MR) is 93.2 cm³/mol. The van der Waals surface area contributed by atoms with Crippen LogP contribution < -0.4 is 14.8 Å². The predicted octanol–water partition coefficient (Wildman–Crippen LogP) is 2.47. The molecule has 1 N–H and O–H groups in total. The number of amides is 1. The Bertz CT molecular complexity index is 845. The van der Waals surface area contributed by atoms with Crippen LogP contribution in [0.1, 0.15) is 5.56 Å². The fourth-order valence-corrected chi connectivity index (χ4v) is 2.39. The molecule has 0 radical (unpaired) electrons. The van der Waals surface area contributed by atoms with Gasteiger partial charge < -0.3 is 14.8 Å². The van der Waals surface area contributed by atoms with E-state index < -0.39 is 0 Å². The summed E-state index contributed by atoms with van der Waals surface area (Å²) in [5.74, 6) is 1.82. The van der Waals surface area contributed by atoms with E-state index >= 15 is 0 Å². The molecule has 0 unspecified atom stereocenters. The zero-order valence-corrected chi connectivity index (χ0v) is 14.0. The number of hydrogen-bond donors (Lipinski definition) is 1. The molecule has 0 saturated heterocycles. The molecule has 7 heteroatoms. The number of imidazole rings is 1. The quantitative estimate of drug-likeness (QED) is 0.747. The number of carbonyl (C=O) groups is 1. The van der Waals surface area contributed by atoms with Crippen molar-refractivity contribution in [3.63, 3.8) is 0 Å². The van der Waals surface area contributed by atoms with E-state index in [4.69, 9.17) is 9.47 Å². The first-order valence-corrected chi connectivity index (χ1v) is 7.64. The molecular weight excluding hydrogens is 320 g/mol. The standard InChI is InChI=1S/C18H18N4O3/c1-24-15-5-3-13(9-16(15)25-2)10-18(23)21-14-4-6-17(20-11-14)22-8-7-19-12-22/h3-9,11-12H,10H2,1-2H3,(H,21,23). The van der Waals surface area contributed by atoms with Gasteiger partial charge in [-0.1, -0.05) is 6.07 Å². The summed E-state index contributed by atoms with van der Waals surface area (Å²) < 4.78 is 12.2. The van der Waals surface area contributed by atoms with E-state index in [1.807, 2.05) is 12.1 Å². The van der Waals surface area contributed by atoms with E-state index in [0.717, 1.165) is 11.4 Å². The van der Waals surface area contributed by atoms with Gasteiger partial charge in [0.1, 0.15) is 12.1 Å². The van der Waals surface area contributed by atoms with Crippen molar-refractivity contribution in [3.8, 4) is 17.3 Å². The second-order valence-corrected chi connectivity index (χ2v) is 5.29. The van der Waals surface area contributed by atoms with E-state index in [1.54, 1.807) is 61.9 Å². The average molecular weight is 338 g/mol. The van der Waals surface area contributed by atoms with Crippen LogP contribution >= 0.6 is 0 Å². The van der Waals surface area contributed by atoms with Crippen molar-refractivity contribution in [1.82, 2.24) is 14.5 Å². The maximum Gasteiger partial charge on any atom is 0.228 e. The SMILES string of the molecule is COc1ccc(CC(=O)Nc2ccc(-n3ccnc3)nc2)cc1OC. The van der Waals surface area contributed by atoms with Gasteiger partial charge in [-0.05, 0) is 29.8 Å². The monoisotopic (exact) mass is 338 g/mol. The Morgan fingerprint density at radius 2 is 2.00 bits per heavy atom. The molecule has 2 heterocycles. The van der Waals surface area contributed by atoms with Crippen molar-refractivity contribution in [2.45, 2.75) is 6.42 Å². The second kappa shape index (κ2) is 7.48. The molecule has 7 nitrogen and oxygen atoms in total. The average Bonchev–Trinajstić information content (AvgIpc) is 3.17. The molecule has 1 aromatic carbocycles. The highest BCUT2D eigenvalue weighted by atomic mass is 16.5. The van der Waals surface area contributed by atoms with Crippen LogP contribution in [-0.4, -0.2) is 34.7 Å². The number of anilines is 1. The Morgan fingerprint density at radius 1 is 1.16 bits per heavy atom. The molecule has 2 aromatic heterocycles. The van der Waals surface area contributed by atoms with Crippen LogP contribution in [0.15, 0.2) is 55.2 Å². The first kappa shape index (κ1) is 16.5. The lowest BCUT2D eigenvalue weighted by Gasteiger charge is -2.10. The summed E-state index contributed by atoms with van der Waals surface area (Å²) in [4.78, 5) is 20.5. The minimum atomic E-state index is -0.135. The lowest BCUT2D eigenvalue weighted by atomic mass is 10.1. The van der Waals surface area contributed by atoms with Gasteiger partial charge in [0, 0.05) is 12.4 Å². The molecule has 0 aliphatic heterocycles. The maximum absolute atomic E-state index is 12.2. The van der Waals surface area contributed by atoms with Crippen molar-refractivity contribution in [3.05, 3.63) is 60.8 Å². The van der Waals surface area contributed by atoms with Crippen molar-refractivity contribution in [2.24, 2.45) is 0 Å². The Kier molecular flexibility index (Phi) is 4.94.